The van der Waals surface area contributed by atoms with Gasteiger partial charge in [0.05, 0.1) is 5.92 Å². The van der Waals surface area contributed by atoms with E-state index < -0.39 is 12.1 Å². The monoisotopic (exact) mass is 380 g/mol. The molecule has 1 aliphatic rings. The molecule has 0 spiro atoms. The fourth-order valence-corrected chi connectivity index (χ4v) is 3.22. The number of hydrogen-bond donors (Lipinski definition) is 1. The SMILES string of the molecule is NCCOc1cc(Br)cc(CN2CCCC(C(F)(F)F)C2)c1. The van der Waals surface area contributed by atoms with E-state index in [-0.39, 0.29) is 13.0 Å². The Morgan fingerprint density at radius 1 is 1.32 bits per heavy atom. The number of ether oxygens (including phenoxy) is 1. The lowest BCUT2D eigenvalue weighted by molar-refractivity contribution is -0.187. The normalized spacial score (nSPS) is 20.1. The third-order valence-corrected chi connectivity index (χ3v) is 4.15. The molecule has 1 heterocycles. The van der Waals surface area contributed by atoms with Crippen molar-refractivity contribution >= 4 is 15.9 Å². The van der Waals surface area contributed by atoms with Crippen LogP contribution < -0.4 is 10.5 Å². The molecular formula is C15H20BrF3N2O. The lowest BCUT2D eigenvalue weighted by Crippen LogP contribution is -2.41. The van der Waals surface area contributed by atoms with E-state index in [0.29, 0.717) is 38.4 Å². The first-order chi connectivity index (χ1) is 10.4. The number of likely N-dealkylation sites (tertiary alicyclic amines) is 1. The van der Waals surface area contributed by atoms with Gasteiger partial charge in [-0.3, -0.25) is 4.90 Å². The van der Waals surface area contributed by atoms with E-state index in [1.807, 2.05) is 23.1 Å². The zero-order valence-electron chi connectivity index (χ0n) is 12.2. The summed E-state index contributed by atoms with van der Waals surface area (Å²) in [6.45, 7) is 2.08. The molecular weight excluding hydrogens is 361 g/mol. The molecule has 1 saturated heterocycles. The van der Waals surface area contributed by atoms with Crippen LogP contribution in [0, 0.1) is 5.92 Å². The molecule has 2 N–H and O–H groups in total. The Kier molecular flexibility index (Phi) is 6.11. The fourth-order valence-electron chi connectivity index (χ4n) is 2.70. The van der Waals surface area contributed by atoms with Crippen LogP contribution in [0.4, 0.5) is 13.2 Å². The Hall–Kier alpha value is -0.790. The Morgan fingerprint density at radius 3 is 2.77 bits per heavy atom. The highest BCUT2D eigenvalue weighted by Crippen LogP contribution is 2.34. The summed E-state index contributed by atoms with van der Waals surface area (Å²) in [5.41, 5.74) is 6.34. The van der Waals surface area contributed by atoms with Gasteiger partial charge in [0, 0.05) is 24.1 Å². The number of nitrogens with two attached hydrogens (primary N) is 1. The van der Waals surface area contributed by atoms with E-state index in [1.165, 1.54) is 0 Å². The smallest absolute Gasteiger partial charge is 0.393 e. The van der Waals surface area contributed by atoms with Gasteiger partial charge in [-0.1, -0.05) is 15.9 Å². The van der Waals surface area contributed by atoms with E-state index in [4.69, 9.17) is 10.5 Å². The molecule has 0 radical (unpaired) electrons. The topological polar surface area (TPSA) is 38.5 Å². The van der Waals surface area contributed by atoms with Crippen LogP contribution in [0.1, 0.15) is 18.4 Å². The van der Waals surface area contributed by atoms with Gasteiger partial charge in [0.2, 0.25) is 0 Å². The van der Waals surface area contributed by atoms with Gasteiger partial charge in [-0.15, -0.1) is 0 Å². The number of benzene rings is 1. The zero-order valence-corrected chi connectivity index (χ0v) is 13.8. The van der Waals surface area contributed by atoms with Crippen molar-refractivity contribution in [3.05, 3.63) is 28.2 Å². The molecule has 1 fully saturated rings. The summed E-state index contributed by atoms with van der Waals surface area (Å²) in [4.78, 5) is 1.86. The second-order valence-corrected chi connectivity index (χ2v) is 6.46. The highest BCUT2D eigenvalue weighted by molar-refractivity contribution is 9.10. The lowest BCUT2D eigenvalue weighted by atomic mass is 9.97. The summed E-state index contributed by atoms with van der Waals surface area (Å²) in [6, 6.07) is 5.60. The summed E-state index contributed by atoms with van der Waals surface area (Å²) < 4.78 is 44.9. The Balaban J connectivity index is 2.02. The summed E-state index contributed by atoms with van der Waals surface area (Å²) in [5.74, 6) is -0.541. The van der Waals surface area contributed by atoms with Crippen molar-refractivity contribution in [1.29, 1.82) is 0 Å². The maximum atomic E-state index is 12.9. The molecule has 1 aromatic carbocycles. The summed E-state index contributed by atoms with van der Waals surface area (Å²) in [5, 5.41) is 0. The first-order valence-corrected chi connectivity index (χ1v) is 8.09. The van der Waals surface area contributed by atoms with Crippen LogP contribution in [0.25, 0.3) is 0 Å². The minimum atomic E-state index is -4.11. The fraction of sp³-hybridized carbons (Fsp3) is 0.600. The number of halogens is 4. The third-order valence-electron chi connectivity index (χ3n) is 3.69. The Morgan fingerprint density at radius 2 is 2.09 bits per heavy atom. The van der Waals surface area contributed by atoms with Gasteiger partial charge in [0.15, 0.2) is 0 Å². The number of nitrogens with zero attached hydrogens (tertiary/aromatic N) is 1. The summed E-state index contributed by atoms with van der Waals surface area (Å²) in [7, 11) is 0. The van der Waals surface area contributed by atoms with Crippen LogP contribution in [0.3, 0.4) is 0 Å². The second-order valence-electron chi connectivity index (χ2n) is 5.55. The van der Waals surface area contributed by atoms with Crippen LogP contribution in [0.15, 0.2) is 22.7 Å². The lowest BCUT2D eigenvalue weighted by Gasteiger charge is -2.33. The minimum absolute atomic E-state index is 0.0645. The van der Waals surface area contributed by atoms with Crippen molar-refractivity contribution in [2.45, 2.75) is 25.6 Å². The average molecular weight is 381 g/mol. The van der Waals surface area contributed by atoms with Gasteiger partial charge in [-0.2, -0.15) is 13.2 Å². The molecule has 0 saturated carbocycles. The van der Waals surface area contributed by atoms with Gasteiger partial charge >= 0.3 is 6.18 Å². The van der Waals surface area contributed by atoms with Gasteiger partial charge < -0.3 is 10.5 Å². The predicted molar refractivity (Wildman–Crippen MR) is 82.7 cm³/mol. The Labute approximate surface area is 136 Å². The average Bonchev–Trinajstić information content (AvgIpc) is 2.44. The predicted octanol–water partition coefficient (Wildman–Crippen LogP) is 3.56. The van der Waals surface area contributed by atoms with E-state index in [1.54, 1.807) is 0 Å². The molecule has 0 aromatic heterocycles. The van der Waals surface area contributed by atoms with Gasteiger partial charge in [0.25, 0.3) is 0 Å². The highest BCUT2D eigenvalue weighted by atomic mass is 79.9. The Bertz CT molecular complexity index is 496. The number of hydrogen-bond acceptors (Lipinski definition) is 3. The van der Waals surface area contributed by atoms with Crippen LogP contribution in [0.5, 0.6) is 5.75 Å². The second kappa shape index (κ2) is 7.66. The molecule has 0 aliphatic carbocycles. The van der Waals surface area contributed by atoms with Gasteiger partial charge in [-0.05, 0) is 43.1 Å². The molecule has 2 rings (SSSR count). The highest BCUT2D eigenvalue weighted by Gasteiger charge is 2.41. The first-order valence-electron chi connectivity index (χ1n) is 7.30. The van der Waals surface area contributed by atoms with Crippen molar-refractivity contribution in [3.8, 4) is 5.75 Å². The molecule has 7 heteroatoms. The largest absolute Gasteiger partial charge is 0.492 e. The first kappa shape index (κ1) is 17.6. The maximum Gasteiger partial charge on any atom is 0.393 e. The molecule has 0 bridgehead atoms. The molecule has 3 nitrogen and oxygen atoms in total. The molecule has 1 aromatic rings. The zero-order chi connectivity index (χ0) is 16.2. The van der Waals surface area contributed by atoms with Crippen molar-refractivity contribution in [1.82, 2.24) is 4.90 Å². The number of rotatable bonds is 5. The van der Waals surface area contributed by atoms with E-state index in [0.717, 1.165) is 10.0 Å². The summed E-state index contributed by atoms with van der Waals surface area (Å²) in [6.07, 6.45) is -3.30. The van der Waals surface area contributed by atoms with Crippen LogP contribution in [-0.2, 0) is 6.54 Å². The van der Waals surface area contributed by atoms with E-state index in [9.17, 15) is 13.2 Å². The molecule has 1 atom stereocenters. The quantitative estimate of drug-likeness (QED) is 0.848. The van der Waals surface area contributed by atoms with Crippen LogP contribution in [-0.4, -0.2) is 37.3 Å². The van der Waals surface area contributed by atoms with Crippen molar-refractivity contribution < 1.29 is 17.9 Å². The number of alkyl halides is 3. The molecule has 1 unspecified atom stereocenters. The third kappa shape index (κ3) is 5.14. The minimum Gasteiger partial charge on any atom is -0.492 e. The molecule has 1 aliphatic heterocycles. The molecule has 124 valence electrons. The van der Waals surface area contributed by atoms with Crippen molar-refractivity contribution in [2.75, 3.05) is 26.2 Å². The molecule has 22 heavy (non-hydrogen) atoms. The standard InChI is InChI=1S/C15H20BrF3N2O/c16-13-6-11(7-14(8-13)22-5-3-20)9-21-4-1-2-12(10-21)15(17,18)19/h6-8,12H,1-5,9-10,20H2. The summed E-state index contributed by atoms with van der Waals surface area (Å²) >= 11 is 3.40. The number of piperidine rings is 1. The maximum absolute atomic E-state index is 12.9. The van der Waals surface area contributed by atoms with Crippen molar-refractivity contribution in [3.63, 3.8) is 0 Å². The van der Waals surface area contributed by atoms with Crippen LogP contribution >= 0.6 is 15.9 Å². The van der Waals surface area contributed by atoms with E-state index >= 15 is 0 Å². The van der Waals surface area contributed by atoms with Gasteiger partial charge in [-0.25, -0.2) is 0 Å². The van der Waals surface area contributed by atoms with E-state index in [2.05, 4.69) is 15.9 Å². The van der Waals surface area contributed by atoms with Crippen LogP contribution in [0.2, 0.25) is 0 Å². The molecule has 0 amide bonds. The van der Waals surface area contributed by atoms with Crippen molar-refractivity contribution in [2.24, 2.45) is 11.7 Å². The van der Waals surface area contributed by atoms with Gasteiger partial charge in [0.1, 0.15) is 12.4 Å².